The van der Waals surface area contributed by atoms with E-state index in [9.17, 15) is 8.42 Å². The second kappa shape index (κ2) is 6.32. The van der Waals surface area contributed by atoms with Crippen molar-refractivity contribution in [3.05, 3.63) is 0 Å². The Morgan fingerprint density at radius 1 is 1.33 bits per heavy atom. The van der Waals surface area contributed by atoms with Crippen LogP contribution in [0.3, 0.4) is 0 Å². The molecule has 0 amide bonds. The number of rotatable bonds is 5. The Kier molecular flexibility index (Phi) is 5.00. The first-order valence-corrected chi connectivity index (χ1v) is 8.44. The molecule has 2 aliphatic rings. The molecule has 0 radical (unpaired) electrons. The highest BCUT2D eigenvalue weighted by Crippen LogP contribution is 2.17. The van der Waals surface area contributed by atoms with Crippen molar-refractivity contribution in [2.24, 2.45) is 5.92 Å². The lowest BCUT2D eigenvalue weighted by Crippen LogP contribution is -2.41. The maximum Gasteiger partial charge on any atom is 0.215 e. The number of ether oxygens (including phenoxy) is 1. The Morgan fingerprint density at radius 2 is 2.17 bits per heavy atom. The van der Waals surface area contributed by atoms with Gasteiger partial charge in [0.1, 0.15) is 0 Å². The highest BCUT2D eigenvalue weighted by atomic mass is 32.2. The first kappa shape index (κ1) is 14.2. The van der Waals surface area contributed by atoms with Gasteiger partial charge in [0.15, 0.2) is 0 Å². The smallest absolute Gasteiger partial charge is 0.215 e. The van der Waals surface area contributed by atoms with Crippen LogP contribution in [0.1, 0.15) is 25.7 Å². The second-order valence-corrected chi connectivity index (χ2v) is 7.56. The van der Waals surface area contributed by atoms with Crippen LogP contribution in [0.15, 0.2) is 0 Å². The average molecular weight is 276 g/mol. The molecule has 0 aromatic rings. The molecule has 0 aromatic carbocycles. The molecule has 2 atom stereocenters. The molecule has 2 aliphatic heterocycles. The largest absolute Gasteiger partial charge is 0.381 e. The van der Waals surface area contributed by atoms with Gasteiger partial charge in [-0.2, -0.15) is 0 Å². The fraction of sp³-hybridized carbons (Fsp3) is 1.00. The van der Waals surface area contributed by atoms with Gasteiger partial charge in [-0.3, -0.25) is 0 Å². The number of hydrogen-bond acceptors (Lipinski definition) is 4. The minimum atomic E-state index is -3.13. The number of nitrogens with zero attached hydrogens (tertiary/aromatic N) is 1. The summed E-state index contributed by atoms with van der Waals surface area (Å²) in [6.07, 6.45) is 4.17. The normalized spacial score (nSPS) is 29.9. The van der Waals surface area contributed by atoms with E-state index in [0.717, 1.165) is 38.8 Å². The molecule has 2 rings (SSSR count). The summed E-state index contributed by atoms with van der Waals surface area (Å²) in [5.41, 5.74) is 0. The van der Waals surface area contributed by atoms with Gasteiger partial charge in [-0.05, 0) is 38.1 Å². The van der Waals surface area contributed by atoms with E-state index in [0.29, 0.717) is 19.1 Å². The fourth-order valence-corrected chi connectivity index (χ4v) is 4.19. The van der Waals surface area contributed by atoms with Crippen LogP contribution >= 0.6 is 0 Å². The second-order valence-electron chi connectivity index (χ2n) is 5.44. The quantitative estimate of drug-likeness (QED) is 0.791. The Balaban J connectivity index is 1.83. The van der Waals surface area contributed by atoms with Crippen molar-refractivity contribution in [1.82, 2.24) is 9.62 Å². The van der Waals surface area contributed by atoms with E-state index in [-0.39, 0.29) is 11.8 Å². The van der Waals surface area contributed by atoms with Gasteiger partial charge in [0.05, 0.1) is 12.4 Å². The summed E-state index contributed by atoms with van der Waals surface area (Å²) in [7, 11) is -1.43. The lowest BCUT2D eigenvalue weighted by molar-refractivity contribution is 0.0495. The lowest BCUT2D eigenvalue weighted by Gasteiger charge is -2.27. The molecule has 18 heavy (non-hydrogen) atoms. The predicted octanol–water partition coefficient (Wildman–Crippen LogP) is 0.427. The highest BCUT2D eigenvalue weighted by molar-refractivity contribution is 7.89. The average Bonchev–Trinajstić information content (AvgIpc) is 2.82. The summed E-state index contributed by atoms with van der Waals surface area (Å²) in [4.78, 5) is 0. The number of nitrogens with one attached hydrogen (secondary N) is 1. The molecule has 2 heterocycles. The summed E-state index contributed by atoms with van der Waals surface area (Å²) in [5, 5.41) is 3.24. The molecule has 0 bridgehead atoms. The third-order valence-electron chi connectivity index (χ3n) is 3.82. The van der Waals surface area contributed by atoms with Crippen LogP contribution in [0.25, 0.3) is 0 Å². The zero-order chi connectivity index (χ0) is 13.0. The van der Waals surface area contributed by atoms with Gasteiger partial charge in [0, 0.05) is 26.2 Å². The molecule has 2 unspecified atom stereocenters. The first-order valence-electron chi connectivity index (χ1n) is 6.83. The summed E-state index contributed by atoms with van der Waals surface area (Å²) in [6, 6.07) is 0.139. The predicted molar refractivity (Wildman–Crippen MR) is 71.0 cm³/mol. The maximum absolute atomic E-state index is 12.2. The zero-order valence-corrected chi connectivity index (χ0v) is 11.9. The molecule has 106 valence electrons. The Hall–Kier alpha value is -0.170. The summed E-state index contributed by atoms with van der Waals surface area (Å²) in [5.74, 6) is 0.590. The van der Waals surface area contributed by atoms with E-state index in [1.165, 1.54) is 4.31 Å². The summed E-state index contributed by atoms with van der Waals surface area (Å²) in [6.45, 7) is 3.05. The van der Waals surface area contributed by atoms with E-state index >= 15 is 0 Å². The number of hydrogen-bond donors (Lipinski definition) is 1. The van der Waals surface area contributed by atoms with Gasteiger partial charge < -0.3 is 10.1 Å². The topological polar surface area (TPSA) is 58.6 Å². The van der Waals surface area contributed by atoms with Crippen molar-refractivity contribution >= 4 is 10.0 Å². The Labute approximate surface area is 110 Å². The zero-order valence-electron chi connectivity index (χ0n) is 11.1. The third-order valence-corrected chi connectivity index (χ3v) is 5.74. The standard InChI is InChI=1S/C12H24N2O3S/c1-14(8-11-4-3-7-17-9-11)18(15,16)10-12-5-2-6-13-12/h11-13H,2-10H2,1H3. The monoisotopic (exact) mass is 276 g/mol. The SMILES string of the molecule is CN(CC1CCCOC1)S(=O)(=O)CC1CCCN1. The van der Waals surface area contributed by atoms with E-state index in [2.05, 4.69) is 5.32 Å². The third kappa shape index (κ3) is 3.91. The van der Waals surface area contributed by atoms with Crippen LogP contribution in [0.2, 0.25) is 0 Å². The Morgan fingerprint density at radius 3 is 2.78 bits per heavy atom. The maximum atomic E-state index is 12.2. The van der Waals surface area contributed by atoms with E-state index in [1.54, 1.807) is 7.05 Å². The van der Waals surface area contributed by atoms with Crippen LogP contribution < -0.4 is 5.32 Å². The fourth-order valence-electron chi connectivity index (χ4n) is 2.71. The van der Waals surface area contributed by atoms with Gasteiger partial charge in [-0.25, -0.2) is 12.7 Å². The minimum Gasteiger partial charge on any atom is -0.381 e. The van der Waals surface area contributed by atoms with Crippen molar-refractivity contribution in [3.63, 3.8) is 0 Å². The van der Waals surface area contributed by atoms with Crippen LogP contribution in [0.5, 0.6) is 0 Å². The lowest BCUT2D eigenvalue weighted by atomic mass is 10.0. The van der Waals surface area contributed by atoms with E-state index in [4.69, 9.17) is 4.74 Å². The van der Waals surface area contributed by atoms with Crippen LogP contribution in [0, 0.1) is 5.92 Å². The molecule has 0 spiro atoms. The summed E-state index contributed by atoms with van der Waals surface area (Å²) >= 11 is 0. The molecule has 0 aliphatic carbocycles. The van der Waals surface area contributed by atoms with Gasteiger partial charge in [-0.1, -0.05) is 0 Å². The molecule has 6 heteroatoms. The van der Waals surface area contributed by atoms with Crippen molar-refractivity contribution in [2.75, 3.05) is 39.1 Å². The molecule has 2 fully saturated rings. The van der Waals surface area contributed by atoms with Crippen molar-refractivity contribution in [1.29, 1.82) is 0 Å². The van der Waals surface area contributed by atoms with Crippen LogP contribution in [-0.2, 0) is 14.8 Å². The van der Waals surface area contributed by atoms with Gasteiger partial charge in [0.2, 0.25) is 10.0 Å². The van der Waals surface area contributed by atoms with Crippen molar-refractivity contribution in [2.45, 2.75) is 31.7 Å². The van der Waals surface area contributed by atoms with Gasteiger partial charge in [-0.15, -0.1) is 0 Å². The number of sulfonamides is 1. The first-order chi connectivity index (χ1) is 8.58. The highest BCUT2D eigenvalue weighted by Gasteiger charge is 2.27. The molecule has 2 saturated heterocycles. The van der Waals surface area contributed by atoms with Crippen molar-refractivity contribution < 1.29 is 13.2 Å². The minimum absolute atomic E-state index is 0.139. The van der Waals surface area contributed by atoms with Gasteiger partial charge in [0.25, 0.3) is 0 Å². The van der Waals surface area contributed by atoms with E-state index < -0.39 is 10.0 Å². The molecule has 0 aromatic heterocycles. The molecule has 1 N–H and O–H groups in total. The van der Waals surface area contributed by atoms with Crippen molar-refractivity contribution in [3.8, 4) is 0 Å². The van der Waals surface area contributed by atoms with Gasteiger partial charge >= 0.3 is 0 Å². The molecular weight excluding hydrogens is 252 g/mol. The van der Waals surface area contributed by atoms with Crippen LogP contribution in [0.4, 0.5) is 0 Å². The van der Waals surface area contributed by atoms with E-state index in [1.807, 2.05) is 0 Å². The molecule has 0 saturated carbocycles. The molecular formula is C12H24N2O3S. The summed E-state index contributed by atoms with van der Waals surface area (Å²) < 4.78 is 31.3. The molecule has 5 nitrogen and oxygen atoms in total. The Bertz CT molecular complexity index is 346. The van der Waals surface area contributed by atoms with Crippen LogP contribution in [-0.4, -0.2) is 57.9 Å².